The van der Waals surface area contributed by atoms with Crippen molar-refractivity contribution in [2.75, 3.05) is 5.32 Å². The Kier molecular flexibility index (Phi) is 6.75. The maximum atomic E-state index is 12.6. The van der Waals surface area contributed by atoms with Crippen molar-refractivity contribution < 1.29 is 9.59 Å². The minimum absolute atomic E-state index is 0.0320. The second-order valence-corrected chi connectivity index (χ2v) is 9.60. The van der Waals surface area contributed by atoms with Gasteiger partial charge in [-0.05, 0) is 61.4 Å². The zero-order chi connectivity index (χ0) is 24.4. The summed E-state index contributed by atoms with van der Waals surface area (Å²) in [6.07, 6.45) is 5.72. The van der Waals surface area contributed by atoms with Crippen LogP contribution in [0.15, 0.2) is 60.7 Å². The lowest BCUT2D eigenvalue weighted by molar-refractivity contribution is 0.0927. The van der Waals surface area contributed by atoms with Crippen LogP contribution in [0.25, 0.3) is 22.4 Å². The maximum Gasteiger partial charge on any atom is 0.255 e. The van der Waals surface area contributed by atoms with Gasteiger partial charge in [0.1, 0.15) is 5.82 Å². The molecule has 6 nitrogen and oxygen atoms in total. The average Bonchev–Trinajstić information content (AvgIpc) is 3.30. The van der Waals surface area contributed by atoms with Crippen molar-refractivity contribution in [2.45, 2.75) is 38.1 Å². The lowest BCUT2D eigenvalue weighted by atomic mass is 9.95. The minimum atomic E-state index is -0.287. The fraction of sp³-hybridized carbons (Fsp3) is 0.222. The Morgan fingerprint density at radius 2 is 1.57 bits per heavy atom. The van der Waals surface area contributed by atoms with Crippen LogP contribution < -0.4 is 10.6 Å². The smallest absolute Gasteiger partial charge is 0.255 e. The van der Waals surface area contributed by atoms with Gasteiger partial charge in [-0.3, -0.25) is 9.59 Å². The fourth-order valence-electron chi connectivity index (χ4n) is 4.36. The van der Waals surface area contributed by atoms with E-state index in [1.807, 2.05) is 36.4 Å². The summed E-state index contributed by atoms with van der Waals surface area (Å²) in [4.78, 5) is 33.1. The van der Waals surface area contributed by atoms with E-state index in [0.29, 0.717) is 32.7 Å². The Bertz CT molecular complexity index is 1390. The van der Waals surface area contributed by atoms with Gasteiger partial charge in [0, 0.05) is 28.4 Å². The van der Waals surface area contributed by atoms with Crippen LogP contribution in [0, 0.1) is 0 Å². The monoisotopic (exact) mass is 506 g/mol. The van der Waals surface area contributed by atoms with Gasteiger partial charge in [-0.1, -0.05) is 54.6 Å². The maximum absolute atomic E-state index is 12.6. The number of amides is 2. The van der Waals surface area contributed by atoms with Gasteiger partial charge in [0.25, 0.3) is 11.8 Å². The van der Waals surface area contributed by atoms with Crippen LogP contribution in [0.4, 0.5) is 5.69 Å². The first-order valence-electron chi connectivity index (χ1n) is 11.6. The number of carbonyl (C=O) groups excluding carboxylic acids is 2. The largest absolute Gasteiger partial charge is 0.349 e. The Morgan fingerprint density at radius 1 is 0.829 bits per heavy atom. The topological polar surface area (TPSA) is 86.9 Å². The summed E-state index contributed by atoms with van der Waals surface area (Å²) in [7, 11) is 0. The Labute approximate surface area is 213 Å². The van der Waals surface area contributed by atoms with Gasteiger partial charge in [-0.2, -0.15) is 0 Å². The quantitative estimate of drug-likeness (QED) is 0.276. The highest BCUT2D eigenvalue weighted by Gasteiger charge is 2.17. The highest BCUT2D eigenvalue weighted by Crippen LogP contribution is 2.26. The first-order valence-corrected chi connectivity index (χ1v) is 12.4. The Hall–Kier alpha value is -3.35. The zero-order valence-electron chi connectivity index (χ0n) is 18.9. The molecule has 0 aliphatic heterocycles. The summed E-state index contributed by atoms with van der Waals surface area (Å²) in [5.41, 5.74) is 4.10. The standard InChI is InChI=1S/C27H24Cl2N4O2/c28-21-12-10-18(14-22(21)29)27(35)31-20-11-13-23-24(15-20)33-25(32-23)16-6-8-17(9-7-16)26(34)30-19-4-2-1-3-5-19/h6-15,19H,1-5H2,(H,30,34)(H,31,35)(H,32,33). The molecule has 3 N–H and O–H groups in total. The second-order valence-electron chi connectivity index (χ2n) is 8.79. The molecule has 1 fully saturated rings. The molecule has 0 spiro atoms. The third kappa shape index (κ3) is 5.34. The van der Waals surface area contributed by atoms with Gasteiger partial charge in [-0.15, -0.1) is 0 Å². The van der Waals surface area contributed by atoms with Crippen molar-refractivity contribution in [2.24, 2.45) is 0 Å². The highest BCUT2D eigenvalue weighted by atomic mass is 35.5. The zero-order valence-corrected chi connectivity index (χ0v) is 20.4. The molecule has 1 saturated carbocycles. The number of aromatic amines is 1. The van der Waals surface area contributed by atoms with Gasteiger partial charge in [0.2, 0.25) is 0 Å². The van der Waals surface area contributed by atoms with E-state index >= 15 is 0 Å². The van der Waals surface area contributed by atoms with E-state index in [1.54, 1.807) is 18.2 Å². The molecular weight excluding hydrogens is 483 g/mol. The summed E-state index contributed by atoms with van der Waals surface area (Å²) in [6.45, 7) is 0. The predicted molar refractivity (Wildman–Crippen MR) is 140 cm³/mol. The van der Waals surface area contributed by atoms with Crippen LogP contribution in [0.1, 0.15) is 52.8 Å². The first kappa shape index (κ1) is 23.4. The summed E-state index contributed by atoms with van der Waals surface area (Å²) in [5, 5.41) is 6.73. The summed E-state index contributed by atoms with van der Waals surface area (Å²) < 4.78 is 0. The third-order valence-electron chi connectivity index (χ3n) is 6.28. The van der Waals surface area contributed by atoms with Gasteiger partial charge in [0.15, 0.2) is 0 Å². The van der Waals surface area contributed by atoms with E-state index in [4.69, 9.17) is 23.2 Å². The van der Waals surface area contributed by atoms with Crippen molar-refractivity contribution in [1.29, 1.82) is 0 Å². The fourth-order valence-corrected chi connectivity index (χ4v) is 4.66. The van der Waals surface area contributed by atoms with E-state index in [9.17, 15) is 9.59 Å². The SMILES string of the molecule is O=C(Nc1ccc2nc(-c3ccc(C(=O)NC4CCCCC4)cc3)[nH]c2c1)c1ccc(Cl)c(Cl)c1. The molecule has 8 heteroatoms. The Balaban J connectivity index is 1.29. The third-order valence-corrected chi connectivity index (χ3v) is 7.02. The van der Waals surface area contributed by atoms with Crippen LogP contribution >= 0.6 is 23.2 Å². The number of nitrogens with one attached hydrogen (secondary N) is 3. The van der Waals surface area contributed by atoms with E-state index in [-0.39, 0.29) is 17.9 Å². The summed E-state index contributed by atoms with van der Waals surface area (Å²) in [6, 6.07) is 17.9. The lowest BCUT2D eigenvalue weighted by Gasteiger charge is -2.22. The second kappa shape index (κ2) is 10.1. The number of benzene rings is 3. The van der Waals surface area contributed by atoms with Crippen molar-refractivity contribution in [3.8, 4) is 11.4 Å². The van der Waals surface area contributed by atoms with Crippen LogP contribution in [-0.4, -0.2) is 27.8 Å². The van der Waals surface area contributed by atoms with Crippen LogP contribution in [0.3, 0.4) is 0 Å². The molecule has 0 atom stereocenters. The molecule has 1 aromatic heterocycles. The molecule has 0 bridgehead atoms. The molecule has 0 saturated heterocycles. The van der Waals surface area contributed by atoms with Crippen LogP contribution in [-0.2, 0) is 0 Å². The number of fused-ring (bicyclic) bond motifs is 1. The first-order chi connectivity index (χ1) is 17.0. The predicted octanol–water partition coefficient (Wildman–Crippen LogP) is 6.85. The molecule has 4 aromatic rings. The number of carbonyl (C=O) groups is 2. The molecule has 2 amide bonds. The molecule has 0 radical (unpaired) electrons. The highest BCUT2D eigenvalue weighted by molar-refractivity contribution is 6.42. The molecule has 3 aromatic carbocycles. The van der Waals surface area contributed by atoms with E-state index in [2.05, 4.69) is 20.6 Å². The number of imidazole rings is 1. The minimum Gasteiger partial charge on any atom is -0.349 e. The normalized spacial score (nSPS) is 14.1. The van der Waals surface area contributed by atoms with Crippen molar-refractivity contribution in [1.82, 2.24) is 15.3 Å². The molecular formula is C27H24Cl2N4O2. The number of nitrogens with zero attached hydrogens (tertiary/aromatic N) is 1. The summed E-state index contributed by atoms with van der Waals surface area (Å²) in [5.74, 6) is 0.368. The molecule has 178 valence electrons. The molecule has 1 heterocycles. The molecule has 1 aliphatic rings. The van der Waals surface area contributed by atoms with Crippen molar-refractivity contribution in [3.05, 3.63) is 81.8 Å². The average molecular weight is 507 g/mol. The van der Waals surface area contributed by atoms with E-state index in [0.717, 1.165) is 29.4 Å². The number of H-pyrrole nitrogens is 1. The van der Waals surface area contributed by atoms with E-state index in [1.165, 1.54) is 25.3 Å². The Morgan fingerprint density at radius 3 is 2.31 bits per heavy atom. The van der Waals surface area contributed by atoms with Gasteiger partial charge in [0.05, 0.1) is 21.1 Å². The lowest BCUT2D eigenvalue weighted by Crippen LogP contribution is -2.36. The summed E-state index contributed by atoms with van der Waals surface area (Å²) >= 11 is 12.0. The number of aromatic nitrogens is 2. The van der Waals surface area contributed by atoms with Gasteiger partial charge in [-0.25, -0.2) is 4.98 Å². The molecule has 1 aliphatic carbocycles. The number of halogens is 2. The van der Waals surface area contributed by atoms with Gasteiger partial charge < -0.3 is 15.6 Å². The number of hydrogen-bond donors (Lipinski definition) is 3. The van der Waals surface area contributed by atoms with Crippen molar-refractivity contribution >= 4 is 51.7 Å². The van der Waals surface area contributed by atoms with Crippen LogP contribution in [0.2, 0.25) is 10.0 Å². The number of hydrogen-bond acceptors (Lipinski definition) is 3. The number of rotatable bonds is 5. The van der Waals surface area contributed by atoms with E-state index < -0.39 is 0 Å². The molecule has 0 unspecified atom stereocenters. The molecule has 5 rings (SSSR count). The number of anilines is 1. The van der Waals surface area contributed by atoms with Gasteiger partial charge >= 0.3 is 0 Å². The van der Waals surface area contributed by atoms with Crippen molar-refractivity contribution in [3.63, 3.8) is 0 Å². The van der Waals surface area contributed by atoms with Crippen LogP contribution in [0.5, 0.6) is 0 Å². The molecule has 35 heavy (non-hydrogen) atoms.